The summed E-state index contributed by atoms with van der Waals surface area (Å²) in [5.41, 5.74) is 0.312. The van der Waals surface area contributed by atoms with E-state index in [1.54, 1.807) is 12.1 Å². The van der Waals surface area contributed by atoms with Crippen molar-refractivity contribution in [2.45, 2.75) is 25.8 Å². The first-order valence-electron chi connectivity index (χ1n) is 7.61. The van der Waals surface area contributed by atoms with Crippen LogP contribution in [0.3, 0.4) is 0 Å². The van der Waals surface area contributed by atoms with E-state index in [4.69, 9.17) is 11.6 Å². The van der Waals surface area contributed by atoms with Crippen LogP contribution in [0.2, 0.25) is 5.02 Å². The van der Waals surface area contributed by atoms with Crippen molar-refractivity contribution in [3.05, 3.63) is 22.8 Å². The van der Waals surface area contributed by atoms with Gasteiger partial charge in [0, 0.05) is 19.1 Å². The normalized spacial score (nSPS) is 27.4. The second kappa shape index (κ2) is 6.20. The number of halogens is 1. The summed E-state index contributed by atoms with van der Waals surface area (Å²) in [5.74, 6) is 1.11. The minimum atomic E-state index is -0.168. The van der Waals surface area contributed by atoms with Gasteiger partial charge in [0.05, 0.1) is 5.02 Å². The molecule has 1 unspecified atom stereocenters. The number of fused-ring (bicyclic) bond motifs is 3. The predicted molar refractivity (Wildman–Crippen MR) is 83.8 cm³/mol. The third-order valence-corrected chi connectivity index (χ3v) is 4.70. The van der Waals surface area contributed by atoms with Gasteiger partial charge in [-0.15, -0.1) is 0 Å². The predicted octanol–water partition coefficient (Wildman–Crippen LogP) is 1.99. The van der Waals surface area contributed by atoms with Crippen LogP contribution in [0.5, 0.6) is 0 Å². The summed E-state index contributed by atoms with van der Waals surface area (Å²) in [4.78, 5) is 19.2. The second-order valence-corrected chi connectivity index (χ2v) is 6.18. The fourth-order valence-electron chi connectivity index (χ4n) is 3.25. The van der Waals surface area contributed by atoms with E-state index in [0.29, 0.717) is 22.5 Å². The largest absolute Gasteiger partial charge is 0.370 e. The van der Waals surface area contributed by atoms with Crippen molar-refractivity contribution < 1.29 is 4.79 Å². The molecule has 3 saturated heterocycles. The Morgan fingerprint density at radius 3 is 2.81 bits per heavy atom. The third-order valence-electron chi connectivity index (χ3n) is 4.39. The number of hydrogen-bond acceptors (Lipinski definition) is 4. The first kappa shape index (κ1) is 14.6. The maximum Gasteiger partial charge on any atom is 0.271 e. The van der Waals surface area contributed by atoms with Crippen LogP contribution in [0.1, 0.15) is 30.3 Å². The van der Waals surface area contributed by atoms with Gasteiger partial charge in [-0.1, -0.05) is 11.6 Å². The summed E-state index contributed by atoms with van der Waals surface area (Å²) in [6, 6.07) is 3.73. The second-order valence-electron chi connectivity index (χ2n) is 5.78. The van der Waals surface area contributed by atoms with E-state index in [9.17, 15) is 4.79 Å². The van der Waals surface area contributed by atoms with Gasteiger partial charge in [0.1, 0.15) is 11.5 Å². The van der Waals surface area contributed by atoms with Crippen LogP contribution < -0.4 is 10.6 Å². The zero-order chi connectivity index (χ0) is 14.8. The third kappa shape index (κ3) is 3.14. The Kier molecular flexibility index (Phi) is 4.31. The van der Waals surface area contributed by atoms with E-state index in [-0.39, 0.29) is 11.9 Å². The quantitative estimate of drug-likeness (QED) is 0.893. The standard InChI is InChI=1S/C15H21ClN4O/c1-2-17-13-4-3-11(16)14(19-13)15(21)18-12-9-20-7-5-10(12)6-8-20/h3-4,10,12H,2,5-9H2,1H3,(H,17,19)(H,18,21). The Bertz CT molecular complexity index is 528. The lowest BCUT2D eigenvalue weighted by Crippen LogP contribution is -2.57. The lowest BCUT2D eigenvalue weighted by atomic mass is 9.84. The van der Waals surface area contributed by atoms with Crippen molar-refractivity contribution in [2.75, 3.05) is 31.5 Å². The van der Waals surface area contributed by atoms with Crippen molar-refractivity contribution in [1.29, 1.82) is 0 Å². The Balaban J connectivity index is 1.71. The Labute approximate surface area is 130 Å². The van der Waals surface area contributed by atoms with Gasteiger partial charge in [0.25, 0.3) is 5.91 Å². The lowest BCUT2D eigenvalue weighted by molar-refractivity contribution is 0.0618. The van der Waals surface area contributed by atoms with Gasteiger partial charge in [-0.05, 0) is 50.9 Å². The van der Waals surface area contributed by atoms with E-state index in [0.717, 1.165) is 26.2 Å². The molecule has 3 fully saturated rings. The molecule has 0 saturated carbocycles. The van der Waals surface area contributed by atoms with Crippen molar-refractivity contribution in [1.82, 2.24) is 15.2 Å². The number of aromatic nitrogens is 1. The smallest absolute Gasteiger partial charge is 0.271 e. The highest BCUT2D eigenvalue weighted by atomic mass is 35.5. The number of carbonyl (C=O) groups is 1. The van der Waals surface area contributed by atoms with E-state index in [1.165, 1.54) is 12.8 Å². The fraction of sp³-hybridized carbons (Fsp3) is 0.600. The molecule has 0 radical (unpaired) electrons. The van der Waals surface area contributed by atoms with Crippen LogP contribution in [0.4, 0.5) is 5.82 Å². The maximum absolute atomic E-state index is 12.5. The topological polar surface area (TPSA) is 57.3 Å². The zero-order valence-electron chi connectivity index (χ0n) is 12.2. The molecule has 4 rings (SSSR count). The highest BCUT2D eigenvalue weighted by Crippen LogP contribution is 2.28. The first-order chi connectivity index (χ1) is 10.2. The number of anilines is 1. The number of carbonyl (C=O) groups excluding carboxylic acids is 1. The Hall–Kier alpha value is -1.33. The molecule has 114 valence electrons. The van der Waals surface area contributed by atoms with Gasteiger partial charge in [-0.2, -0.15) is 0 Å². The molecular formula is C15H21ClN4O. The van der Waals surface area contributed by atoms with Gasteiger partial charge < -0.3 is 15.5 Å². The van der Waals surface area contributed by atoms with E-state index in [1.807, 2.05) is 6.92 Å². The minimum Gasteiger partial charge on any atom is -0.370 e. The highest BCUT2D eigenvalue weighted by Gasteiger charge is 2.35. The molecule has 2 N–H and O–H groups in total. The molecule has 0 aromatic carbocycles. The van der Waals surface area contributed by atoms with Gasteiger partial charge in [-0.3, -0.25) is 4.79 Å². The van der Waals surface area contributed by atoms with E-state index in [2.05, 4.69) is 20.5 Å². The molecule has 1 aromatic rings. The van der Waals surface area contributed by atoms with E-state index < -0.39 is 0 Å². The molecule has 21 heavy (non-hydrogen) atoms. The van der Waals surface area contributed by atoms with Crippen molar-refractivity contribution in [3.8, 4) is 0 Å². The summed E-state index contributed by atoms with van der Waals surface area (Å²) in [7, 11) is 0. The summed E-state index contributed by atoms with van der Waals surface area (Å²) < 4.78 is 0. The highest BCUT2D eigenvalue weighted by molar-refractivity contribution is 6.33. The van der Waals surface area contributed by atoms with E-state index >= 15 is 0 Å². The van der Waals surface area contributed by atoms with Gasteiger partial charge in [0.15, 0.2) is 0 Å². The first-order valence-corrected chi connectivity index (χ1v) is 7.99. The van der Waals surface area contributed by atoms with Crippen molar-refractivity contribution >= 4 is 23.3 Å². The summed E-state index contributed by atoms with van der Waals surface area (Å²) in [5, 5.41) is 6.62. The molecule has 6 heteroatoms. The summed E-state index contributed by atoms with van der Waals surface area (Å²) >= 11 is 6.13. The molecule has 0 aliphatic carbocycles. The van der Waals surface area contributed by atoms with Gasteiger partial charge in [-0.25, -0.2) is 4.98 Å². The zero-order valence-corrected chi connectivity index (χ0v) is 13.0. The lowest BCUT2D eigenvalue weighted by Gasteiger charge is -2.44. The number of pyridine rings is 1. The number of rotatable bonds is 4. The summed E-state index contributed by atoms with van der Waals surface area (Å²) in [6.45, 7) is 6.01. The molecule has 1 amide bonds. The average molecular weight is 309 g/mol. The number of hydrogen-bond donors (Lipinski definition) is 2. The molecule has 4 heterocycles. The molecule has 2 bridgehead atoms. The van der Waals surface area contributed by atoms with Crippen LogP contribution in [0, 0.1) is 5.92 Å². The number of amides is 1. The van der Waals surface area contributed by atoms with Gasteiger partial charge in [0.2, 0.25) is 0 Å². The van der Waals surface area contributed by atoms with Crippen LogP contribution in [-0.2, 0) is 0 Å². The molecule has 3 aliphatic rings. The fourth-order valence-corrected chi connectivity index (χ4v) is 3.44. The SMILES string of the molecule is CCNc1ccc(Cl)c(C(=O)NC2CN3CCC2CC3)n1. The van der Waals surface area contributed by atoms with Gasteiger partial charge >= 0.3 is 0 Å². The average Bonchev–Trinajstić information content (AvgIpc) is 2.50. The minimum absolute atomic E-state index is 0.168. The molecule has 5 nitrogen and oxygen atoms in total. The van der Waals surface area contributed by atoms with Crippen LogP contribution in [0.25, 0.3) is 0 Å². The number of nitrogens with one attached hydrogen (secondary N) is 2. The number of piperidine rings is 3. The van der Waals surface area contributed by atoms with Crippen molar-refractivity contribution in [2.24, 2.45) is 5.92 Å². The Morgan fingerprint density at radius 2 is 2.19 bits per heavy atom. The molecular weight excluding hydrogens is 288 g/mol. The molecule has 0 spiro atoms. The monoisotopic (exact) mass is 308 g/mol. The van der Waals surface area contributed by atoms with Crippen LogP contribution in [0.15, 0.2) is 12.1 Å². The Morgan fingerprint density at radius 1 is 1.43 bits per heavy atom. The molecule has 1 atom stereocenters. The summed E-state index contributed by atoms with van der Waals surface area (Å²) in [6.07, 6.45) is 2.34. The molecule has 3 aliphatic heterocycles. The molecule has 1 aromatic heterocycles. The maximum atomic E-state index is 12.5. The van der Waals surface area contributed by atoms with Crippen LogP contribution in [-0.4, -0.2) is 48.0 Å². The van der Waals surface area contributed by atoms with Crippen molar-refractivity contribution in [3.63, 3.8) is 0 Å². The van der Waals surface area contributed by atoms with Crippen LogP contribution >= 0.6 is 11.6 Å². The number of nitrogens with zero attached hydrogens (tertiary/aromatic N) is 2.